The van der Waals surface area contributed by atoms with Crippen LogP contribution in [0, 0.1) is 6.92 Å². The Labute approximate surface area is 140 Å². The lowest BCUT2D eigenvalue weighted by Gasteiger charge is -2.16. The Morgan fingerprint density at radius 2 is 1.72 bits per heavy atom. The van der Waals surface area contributed by atoms with Gasteiger partial charge in [-0.1, -0.05) is 23.8 Å². The molecule has 0 radical (unpaired) electrons. The summed E-state index contributed by atoms with van der Waals surface area (Å²) in [6, 6.07) is 8.24. The Balaban J connectivity index is 2.53. The third-order valence-corrected chi connectivity index (χ3v) is 4.42. The molecule has 2 aromatic carbocycles. The van der Waals surface area contributed by atoms with E-state index >= 15 is 0 Å². The van der Waals surface area contributed by atoms with Gasteiger partial charge in [0.1, 0.15) is 5.69 Å². The first kappa shape index (κ1) is 18.6. The molecule has 0 aliphatic rings. The highest BCUT2D eigenvalue weighted by molar-refractivity contribution is 7.92. The molecule has 2 N–H and O–H groups in total. The number of sulfonamides is 1. The third-order valence-electron chi connectivity index (χ3n) is 3.05. The lowest BCUT2D eigenvalue weighted by atomic mass is 10.1. The summed E-state index contributed by atoms with van der Waals surface area (Å²) in [5.74, 6) is -2.59. The Morgan fingerprint density at radius 1 is 1.12 bits per heavy atom. The van der Waals surface area contributed by atoms with E-state index in [2.05, 4.69) is 4.74 Å². The number of aromatic carboxylic acids is 1. The number of benzene rings is 2. The number of carboxylic acids is 1. The van der Waals surface area contributed by atoms with E-state index in [0.717, 1.165) is 23.8 Å². The predicted molar refractivity (Wildman–Crippen MR) is 82.1 cm³/mol. The van der Waals surface area contributed by atoms with E-state index in [1.807, 2.05) is 4.72 Å². The van der Waals surface area contributed by atoms with Crippen LogP contribution < -0.4 is 9.46 Å². The van der Waals surface area contributed by atoms with Crippen LogP contribution in [0.2, 0.25) is 0 Å². The van der Waals surface area contributed by atoms with Crippen molar-refractivity contribution in [1.82, 2.24) is 0 Å². The molecular weight excluding hydrogens is 363 g/mol. The molecule has 0 amide bonds. The Hall–Kier alpha value is -2.75. The van der Waals surface area contributed by atoms with Crippen molar-refractivity contribution in [1.29, 1.82) is 0 Å². The van der Waals surface area contributed by atoms with Gasteiger partial charge in [-0.15, -0.1) is 13.2 Å². The van der Waals surface area contributed by atoms with Gasteiger partial charge < -0.3 is 9.84 Å². The fourth-order valence-corrected chi connectivity index (χ4v) is 3.03. The van der Waals surface area contributed by atoms with Crippen LogP contribution in [-0.4, -0.2) is 25.9 Å². The summed E-state index contributed by atoms with van der Waals surface area (Å²) in [7, 11) is -4.32. The second-order valence-electron chi connectivity index (χ2n) is 4.95. The standard InChI is InChI=1S/C15H12F3NO5S/c1-9-5-7-10(8-6-9)25(22,23)19-13-11(14(20)21)3-2-4-12(13)24-15(16,17)18/h2-8,19H,1H3,(H,20,21). The molecule has 0 saturated heterocycles. The van der Waals surface area contributed by atoms with E-state index in [-0.39, 0.29) is 4.90 Å². The molecule has 0 aliphatic carbocycles. The average molecular weight is 375 g/mol. The molecule has 10 heteroatoms. The summed E-state index contributed by atoms with van der Waals surface area (Å²) in [6.07, 6.45) is -5.12. The fraction of sp³-hybridized carbons (Fsp3) is 0.133. The predicted octanol–water partition coefficient (Wildman–Crippen LogP) is 3.39. The summed E-state index contributed by atoms with van der Waals surface area (Å²) in [5.41, 5.74) is -0.726. The number of hydrogen-bond acceptors (Lipinski definition) is 4. The van der Waals surface area contributed by atoms with Gasteiger partial charge in [-0.2, -0.15) is 0 Å². The smallest absolute Gasteiger partial charge is 0.478 e. The van der Waals surface area contributed by atoms with E-state index in [1.54, 1.807) is 6.92 Å². The van der Waals surface area contributed by atoms with Crippen molar-refractivity contribution in [2.24, 2.45) is 0 Å². The van der Waals surface area contributed by atoms with Gasteiger partial charge in [0.2, 0.25) is 0 Å². The van der Waals surface area contributed by atoms with Crippen LogP contribution in [-0.2, 0) is 10.0 Å². The zero-order chi connectivity index (χ0) is 18.8. The van der Waals surface area contributed by atoms with Gasteiger partial charge >= 0.3 is 12.3 Å². The van der Waals surface area contributed by atoms with E-state index < -0.39 is 39.4 Å². The van der Waals surface area contributed by atoms with Crippen LogP contribution in [0.3, 0.4) is 0 Å². The minimum atomic E-state index is -5.12. The fourth-order valence-electron chi connectivity index (χ4n) is 1.94. The lowest BCUT2D eigenvalue weighted by Crippen LogP contribution is -2.21. The quantitative estimate of drug-likeness (QED) is 0.836. The van der Waals surface area contributed by atoms with E-state index in [4.69, 9.17) is 5.11 Å². The second-order valence-corrected chi connectivity index (χ2v) is 6.63. The Kier molecular flexibility index (Phi) is 4.93. The maximum absolute atomic E-state index is 12.5. The van der Waals surface area contributed by atoms with Crippen molar-refractivity contribution in [3.63, 3.8) is 0 Å². The van der Waals surface area contributed by atoms with Gasteiger partial charge in [0, 0.05) is 0 Å². The normalized spacial score (nSPS) is 11.8. The topological polar surface area (TPSA) is 92.7 Å². The summed E-state index contributed by atoms with van der Waals surface area (Å²) >= 11 is 0. The van der Waals surface area contributed by atoms with Crippen molar-refractivity contribution < 1.29 is 36.2 Å². The number of rotatable bonds is 5. The molecule has 0 spiro atoms. The molecule has 134 valence electrons. The molecule has 0 atom stereocenters. The highest BCUT2D eigenvalue weighted by Gasteiger charge is 2.34. The number of halogens is 3. The van der Waals surface area contributed by atoms with Crippen LogP contribution in [0.1, 0.15) is 15.9 Å². The number of alkyl halides is 3. The SMILES string of the molecule is Cc1ccc(S(=O)(=O)Nc2c(OC(F)(F)F)cccc2C(=O)O)cc1. The summed E-state index contributed by atoms with van der Waals surface area (Å²) in [6.45, 7) is 1.72. The first-order valence-corrected chi connectivity index (χ1v) is 8.19. The van der Waals surface area contributed by atoms with Gasteiger partial charge in [0.25, 0.3) is 10.0 Å². The largest absolute Gasteiger partial charge is 0.573 e. The number of carboxylic acid groups (broad SMARTS) is 1. The van der Waals surface area contributed by atoms with Crippen molar-refractivity contribution in [2.45, 2.75) is 18.2 Å². The number of ether oxygens (including phenoxy) is 1. The third kappa shape index (κ3) is 4.63. The molecule has 2 aromatic rings. The molecule has 0 saturated carbocycles. The van der Waals surface area contributed by atoms with Crippen molar-refractivity contribution in [2.75, 3.05) is 4.72 Å². The summed E-state index contributed by atoms with van der Waals surface area (Å²) in [4.78, 5) is 11.0. The first-order chi connectivity index (χ1) is 11.5. The highest BCUT2D eigenvalue weighted by Crippen LogP contribution is 2.34. The highest BCUT2D eigenvalue weighted by atomic mass is 32.2. The Morgan fingerprint density at radius 3 is 2.24 bits per heavy atom. The van der Waals surface area contributed by atoms with Crippen LogP contribution in [0.5, 0.6) is 5.75 Å². The van der Waals surface area contributed by atoms with E-state index in [1.165, 1.54) is 24.3 Å². The van der Waals surface area contributed by atoms with Gasteiger partial charge in [-0.25, -0.2) is 13.2 Å². The van der Waals surface area contributed by atoms with Crippen LogP contribution in [0.15, 0.2) is 47.4 Å². The lowest BCUT2D eigenvalue weighted by molar-refractivity contribution is -0.274. The zero-order valence-electron chi connectivity index (χ0n) is 12.7. The zero-order valence-corrected chi connectivity index (χ0v) is 13.5. The Bertz CT molecular complexity index is 892. The minimum Gasteiger partial charge on any atom is -0.478 e. The van der Waals surface area contributed by atoms with Crippen LogP contribution >= 0.6 is 0 Å². The van der Waals surface area contributed by atoms with E-state index in [9.17, 15) is 26.4 Å². The number of hydrogen-bond donors (Lipinski definition) is 2. The van der Waals surface area contributed by atoms with Gasteiger partial charge in [0.15, 0.2) is 5.75 Å². The summed E-state index contributed by atoms with van der Waals surface area (Å²) < 4.78 is 67.8. The molecule has 6 nitrogen and oxygen atoms in total. The maximum atomic E-state index is 12.5. The molecule has 0 unspecified atom stereocenters. The van der Waals surface area contributed by atoms with Gasteiger partial charge in [-0.05, 0) is 31.2 Å². The molecule has 25 heavy (non-hydrogen) atoms. The minimum absolute atomic E-state index is 0.240. The van der Waals surface area contributed by atoms with E-state index in [0.29, 0.717) is 0 Å². The van der Waals surface area contributed by atoms with Crippen molar-refractivity contribution in [3.05, 3.63) is 53.6 Å². The number of anilines is 1. The molecule has 0 aromatic heterocycles. The van der Waals surface area contributed by atoms with Crippen LogP contribution in [0.25, 0.3) is 0 Å². The molecule has 0 heterocycles. The maximum Gasteiger partial charge on any atom is 0.573 e. The van der Waals surface area contributed by atoms with Gasteiger partial charge in [0.05, 0.1) is 10.5 Å². The van der Waals surface area contributed by atoms with Crippen molar-refractivity contribution in [3.8, 4) is 5.75 Å². The molecule has 0 aliphatic heterocycles. The number of carbonyl (C=O) groups is 1. The van der Waals surface area contributed by atoms with Gasteiger partial charge in [-0.3, -0.25) is 4.72 Å². The first-order valence-electron chi connectivity index (χ1n) is 6.71. The van der Waals surface area contributed by atoms with Crippen LogP contribution in [0.4, 0.5) is 18.9 Å². The molecule has 2 rings (SSSR count). The average Bonchev–Trinajstić information content (AvgIpc) is 2.47. The number of para-hydroxylation sites is 1. The molecule has 0 bridgehead atoms. The molecule has 0 fully saturated rings. The molecular formula is C15H12F3NO5S. The monoisotopic (exact) mass is 375 g/mol. The second kappa shape index (κ2) is 6.63. The summed E-state index contributed by atoms with van der Waals surface area (Å²) in [5, 5.41) is 9.12. The number of nitrogens with one attached hydrogen (secondary N) is 1. The van der Waals surface area contributed by atoms with Crippen molar-refractivity contribution >= 4 is 21.7 Å². The number of aryl methyl sites for hydroxylation is 1.